The molecule has 1 saturated heterocycles. The zero-order chi connectivity index (χ0) is 19.3. The zero-order valence-corrected chi connectivity index (χ0v) is 15.9. The second-order valence-corrected chi connectivity index (χ2v) is 7.35. The van der Waals surface area contributed by atoms with Crippen molar-refractivity contribution in [2.45, 2.75) is 31.6 Å². The number of carbonyl (C=O) groups excluding carboxylic acids is 1. The van der Waals surface area contributed by atoms with E-state index in [1.165, 1.54) is 28.6 Å². The first-order valence-corrected chi connectivity index (χ1v) is 9.93. The van der Waals surface area contributed by atoms with Crippen LogP contribution >= 0.6 is 0 Å². The van der Waals surface area contributed by atoms with Crippen LogP contribution in [0.1, 0.15) is 37.2 Å². The van der Waals surface area contributed by atoms with Gasteiger partial charge in [0.05, 0.1) is 6.61 Å². The van der Waals surface area contributed by atoms with Gasteiger partial charge >= 0.3 is 0 Å². The Hall–Kier alpha value is -2.82. The van der Waals surface area contributed by atoms with E-state index in [2.05, 4.69) is 29.4 Å². The lowest BCUT2D eigenvalue weighted by Crippen LogP contribution is -2.37. The van der Waals surface area contributed by atoms with Gasteiger partial charge in [0.15, 0.2) is 0 Å². The predicted molar refractivity (Wildman–Crippen MR) is 108 cm³/mol. The van der Waals surface area contributed by atoms with Crippen LogP contribution in [-0.4, -0.2) is 35.5 Å². The van der Waals surface area contributed by atoms with Crippen LogP contribution in [0.5, 0.6) is 5.75 Å². The van der Waals surface area contributed by atoms with Gasteiger partial charge in [-0.05, 0) is 48.9 Å². The van der Waals surface area contributed by atoms with Crippen molar-refractivity contribution in [2.24, 2.45) is 0 Å². The highest BCUT2D eigenvalue weighted by molar-refractivity contribution is 5.83. The van der Waals surface area contributed by atoms with Crippen molar-refractivity contribution in [3.8, 4) is 5.75 Å². The summed E-state index contributed by atoms with van der Waals surface area (Å²) in [5, 5.41) is 1.29. The fourth-order valence-corrected chi connectivity index (χ4v) is 4.00. The molecule has 1 amide bonds. The number of para-hydroxylation sites is 1. The maximum Gasteiger partial charge on any atom is 0.222 e. The minimum atomic E-state index is -0.313. The van der Waals surface area contributed by atoms with Crippen molar-refractivity contribution in [1.29, 1.82) is 0 Å². The van der Waals surface area contributed by atoms with Crippen LogP contribution < -0.4 is 4.74 Å². The van der Waals surface area contributed by atoms with Gasteiger partial charge in [-0.2, -0.15) is 0 Å². The minimum absolute atomic E-state index is 0.181. The molecule has 0 unspecified atom stereocenters. The van der Waals surface area contributed by atoms with Crippen LogP contribution in [0.25, 0.3) is 10.9 Å². The minimum Gasteiger partial charge on any atom is -0.493 e. The Morgan fingerprint density at radius 1 is 1.14 bits per heavy atom. The van der Waals surface area contributed by atoms with Gasteiger partial charge in [0.2, 0.25) is 5.91 Å². The second kappa shape index (κ2) is 8.46. The topological polar surface area (TPSA) is 45.3 Å². The lowest BCUT2D eigenvalue weighted by Gasteiger charge is -2.32. The number of nitrogens with one attached hydrogen (secondary N) is 1. The highest BCUT2D eigenvalue weighted by atomic mass is 19.1. The molecule has 1 aliphatic heterocycles. The van der Waals surface area contributed by atoms with E-state index >= 15 is 0 Å². The average Bonchev–Trinajstić information content (AvgIpc) is 3.15. The molecule has 4 rings (SSSR count). The lowest BCUT2D eigenvalue weighted by atomic mass is 9.89. The molecule has 0 spiro atoms. The SMILES string of the molecule is O=C(CCCOc1cccc(F)c1)N1CCC(c2c[nH]c3ccccc23)CC1. The molecule has 3 aromatic rings. The standard InChI is InChI=1S/C23H25FN2O2/c24-18-5-3-6-19(15-18)28-14-4-9-23(27)26-12-10-17(11-13-26)21-16-25-22-8-2-1-7-20(21)22/h1-3,5-8,15-17,25H,4,9-14H2. The number of hydrogen-bond donors (Lipinski definition) is 1. The molecule has 4 nitrogen and oxygen atoms in total. The molecule has 0 bridgehead atoms. The van der Waals surface area contributed by atoms with Crippen LogP contribution in [0.4, 0.5) is 4.39 Å². The van der Waals surface area contributed by atoms with Crippen molar-refractivity contribution in [1.82, 2.24) is 9.88 Å². The number of H-pyrrole nitrogens is 1. The first kappa shape index (κ1) is 18.5. The number of carbonyl (C=O) groups is 1. The van der Waals surface area contributed by atoms with Crippen LogP contribution in [0.15, 0.2) is 54.7 Å². The maximum absolute atomic E-state index is 13.1. The van der Waals surface area contributed by atoms with E-state index in [1.807, 2.05) is 11.0 Å². The number of benzene rings is 2. The molecule has 5 heteroatoms. The molecule has 0 atom stereocenters. The van der Waals surface area contributed by atoms with E-state index in [4.69, 9.17) is 4.74 Å². The number of aromatic amines is 1. The highest BCUT2D eigenvalue weighted by Crippen LogP contribution is 2.33. The van der Waals surface area contributed by atoms with Crippen molar-refractivity contribution in [2.75, 3.05) is 19.7 Å². The fraction of sp³-hybridized carbons (Fsp3) is 0.348. The van der Waals surface area contributed by atoms with Gasteiger partial charge in [0.25, 0.3) is 0 Å². The molecular weight excluding hydrogens is 355 g/mol. The highest BCUT2D eigenvalue weighted by Gasteiger charge is 2.25. The molecule has 1 aliphatic rings. The van der Waals surface area contributed by atoms with Gasteiger partial charge in [0, 0.05) is 42.7 Å². The number of aromatic nitrogens is 1. The third-order valence-corrected chi connectivity index (χ3v) is 5.51. The molecule has 0 radical (unpaired) electrons. The number of halogens is 1. The number of amides is 1. The third kappa shape index (κ3) is 4.19. The molecule has 1 aromatic heterocycles. The molecule has 1 fully saturated rings. The van der Waals surface area contributed by atoms with Crippen molar-refractivity contribution >= 4 is 16.8 Å². The van der Waals surface area contributed by atoms with Crippen LogP contribution in [0.3, 0.4) is 0 Å². The summed E-state index contributed by atoms with van der Waals surface area (Å²) in [5.74, 6) is 0.871. The van der Waals surface area contributed by atoms with Gasteiger partial charge < -0.3 is 14.6 Å². The Morgan fingerprint density at radius 3 is 2.79 bits per heavy atom. The van der Waals surface area contributed by atoms with Crippen LogP contribution in [0, 0.1) is 5.82 Å². The Morgan fingerprint density at radius 2 is 1.96 bits per heavy atom. The Bertz CT molecular complexity index is 944. The molecule has 28 heavy (non-hydrogen) atoms. The second-order valence-electron chi connectivity index (χ2n) is 7.35. The summed E-state index contributed by atoms with van der Waals surface area (Å²) >= 11 is 0. The lowest BCUT2D eigenvalue weighted by molar-refractivity contribution is -0.132. The first-order valence-electron chi connectivity index (χ1n) is 9.93. The summed E-state index contributed by atoms with van der Waals surface area (Å²) < 4.78 is 18.6. The number of piperidine rings is 1. The third-order valence-electron chi connectivity index (χ3n) is 5.51. The fourth-order valence-electron chi connectivity index (χ4n) is 4.00. The predicted octanol–water partition coefficient (Wildman–Crippen LogP) is 4.87. The number of fused-ring (bicyclic) bond motifs is 1. The normalized spacial score (nSPS) is 15.1. The maximum atomic E-state index is 13.1. The number of hydrogen-bond acceptors (Lipinski definition) is 2. The number of ether oxygens (including phenoxy) is 1. The zero-order valence-electron chi connectivity index (χ0n) is 15.9. The van der Waals surface area contributed by atoms with Crippen molar-refractivity contribution in [3.05, 3.63) is 66.1 Å². The first-order chi connectivity index (χ1) is 13.7. The molecule has 0 aliphatic carbocycles. The molecule has 2 aromatic carbocycles. The van der Waals surface area contributed by atoms with Gasteiger partial charge in [-0.1, -0.05) is 24.3 Å². The molecule has 0 saturated carbocycles. The van der Waals surface area contributed by atoms with Gasteiger partial charge in [-0.25, -0.2) is 4.39 Å². The Balaban J connectivity index is 1.23. The smallest absolute Gasteiger partial charge is 0.222 e. The van der Waals surface area contributed by atoms with Gasteiger partial charge in [-0.3, -0.25) is 4.79 Å². The van der Waals surface area contributed by atoms with Crippen LogP contribution in [-0.2, 0) is 4.79 Å². The van der Waals surface area contributed by atoms with Crippen molar-refractivity contribution in [3.63, 3.8) is 0 Å². The van der Waals surface area contributed by atoms with E-state index < -0.39 is 0 Å². The molecule has 1 N–H and O–H groups in total. The summed E-state index contributed by atoms with van der Waals surface area (Å²) in [5.41, 5.74) is 2.54. The summed E-state index contributed by atoms with van der Waals surface area (Å²) in [6.07, 6.45) is 5.21. The number of nitrogens with zero attached hydrogens (tertiary/aromatic N) is 1. The van der Waals surface area contributed by atoms with Gasteiger partial charge in [-0.15, -0.1) is 0 Å². The summed E-state index contributed by atoms with van der Waals surface area (Å²) in [4.78, 5) is 17.8. The van der Waals surface area contributed by atoms with E-state index in [0.717, 1.165) is 25.9 Å². The largest absolute Gasteiger partial charge is 0.493 e. The number of likely N-dealkylation sites (tertiary alicyclic amines) is 1. The van der Waals surface area contributed by atoms with E-state index in [-0.39, 0.29) is 11.7 Å². The monoisotopic (exact) mass is 380 g/mol. The Kier molecular flexibility index (Phi) is 5.60. The average molecular weight is 380 g/mol. The Labute approximate surface area is 164 Å². The van der Waals surface area contributed by atoms with Gasteiger partial charge in [0.1, 0.15) is 11.6 Å². The molecule has 2 heterocycles. The quantitative estimate of drug-likeness (QED) is 0.620. The van der Waals surface area contributed by atoms with Crippen molar-refractivity contribution < 1.29 is 13.9 Å². The summed E-state index contributed by atoms with van der Waals surface area (Å²) in [6.45, 7) is 2.02. The molecular formula is C23H25FN2O2. The van der Waals surface area contributed by atoms with E-state index in [9.17, 15) is 9.18 Å². The summed E-state index contributed by atoms with van der Waals surface area (Å²) in [6, 6.07) is 14.5. The van der Waals surface area contributed by atoms with Crippen LogP contribution in [0.2, 0.25) is 0 Å². The summed E-state index contributed by atoms with van der Waals surface area (Å²) in [7, 11) is 0. The van der Waals surface area contributed by atoms with E-state index in [1.54, 1.807) is 12.1 Å². The van der Waals surface area contributed by atoms with E-state index in [0.29, 0.717) is 31.1 Å². The number of rotatable bonds is 6. The molecule has 146 valence electrons.